The van der Waals surface area contributed by atoms with Crippen molar-refractivity contribution in [2.45, 2.75) is 13.0 Å². The molecule has 1 aliphatic rings. The van der Waals surface area contributed by atoms with Gasteiger partial charge in [-0.3, -0.25) is 9.36 Å². The molecule has 3 heterocycles. The molecule has 0 radical (unpaired) electrons. The Morgan fingerprint density at radius 1 is 0.931 bits per heavy atom. The highest BCUT2D eigenvalue weighted by Crippen LogP contribution is 2.31. The number of benzene rings is 2. The lowest BCUT2D eigenvalue weighted by Gasteiger charge is -2.14. The van der Waals surface area contributed by atoms with Gasteiger partial charge < -0.3 is 9.47 Å². The molecule has 0 spiro atoms. The molecular formula is C22H18N2O4S. The van der Waals surface area contributed by atoms with E-state index < -0.39 is 0 Å². The first-order valence-corrected chi connectivity index (χ1v) is 10.3. The molecule has 0 atom stereocenters. The molecule has 2 aromatic carbocycles. The Bertz CT molecular complexity index is 1300. The summed E-state index contributed by atoms with van der Waals surface area (Å²) in [5.74, 6) is 1.40. The van der Waals surface area contributed by atoms with Gasteiger partial charge in [0.25, 0.3) is 5.56 Å². The van der Waals surface area contributed by atoms with Gasteiger partial charge in [-0.15, -0.1) is 11.3 Å². The number of thiophene rings is 1. The Balaban J connectivity index is 1.66. The number of hydrogen-bond donors (Lipinski definition) is 0. The van der Waals surface area contributed by atoms with Crippen molar-refractivity contribution < 1.29 is 9.47 Å². The molecule has 0 saturated carbocycles. The van der Waals surface area contributed by atoms with Gasteiger partial charge in [-0.2, -0.15) is 0 Å². The molecule has 6 nitrogen and oxygen atoms in total. The number of ether oxygens (including phenoxy) is 2. The van der Waals surface area contributed by atoms with E-state index in [1.54, 1.807) is 16.7 Å². The molecule has 0 N–H and O–H groups in total. The summed E-state index contributed by atoms with van der Waals surface area (Å²) in [7, 11) is 0. The van der Waals surface area contributed by atoms with Gasteiger partial charge in [-0.1, -0.05) is 24.3 Å². The Kier molecular flexibility index (Phi) is 4.44. The number of rotatable bonds is 3. The van der Waals surface area contributed by atoms with Crippen LogP contribution >= 0.6 is 11.3 Å². The zero-order valence-corrected chi connectivity index (χ0v) is 16.4. The molecule has 7 heteroatoms. The predicted octanol–water partition coefficient (Wildman–Crippen LogP) is 3.42. The van der Waals surface area contributed by atoms with Crippen molar-refractivity contribution in [3.63, 3.8) is 0 Å². The fourth-order valence-corrected chi connectivity index (χ4v) is 4.36. The molecule has 29 heavy (non-hydrogen) atoms. The molecule has 0 aliphatic carbocycles. The van der Waals surface area contributed by atoms with Gasteiger partial charge in [-0.05, 0) is 41.3 Å². The van der Waals surface area contributed by atoms with Crippen LogP contribution in [0.3, 0.4) is 0 Å². The smallest absolute Gasteiger partial charge is 0.336 e. The summed E-state index contributed by atoms with van der Waals surface area (Å²) in [6, 6.07) is 16.5. The quantitative estimate of drug-likeness (QED) is 0.523. The highest BCUT2D eigenvalue weighted by atomic mass is 32.1. The van der Waals surface area contributed by atoms with Crippen LogP contribution in [0, 0.1) is 0 Å². The van der Waals surface area contributed by atoms with Crippen molar-refractivity contribution >= 4 is 21.6 Å². The second-order valence-corrected chi connectivity index (χ2v) is 7.73. The van der Waals surface area contributed by atoms with E-state index in [0.717, 1.165) is 12.0 Å². The molecule has 146 valence electrons. The molecule has 2 aromatic heterocycles. The average molecular weight is 406 g/mol. The van der Waals surface area contributed by atoms with Crippen molar-refractivity contribution in [2.75, 3.05) is 13.2 Å². The monoisotopic (exact) mass is 406 g/mol. The Morgan fingerprint density at radius 3 is 2.55 bits per heavy atom. The van der Waals surface area contributed by atoms with Crippen LogP contribution in [0.15, 0.2) is 69.6 Å². The standard InChI is InChI=1S/C22H18N2O4S/c25-21-20-17(9-12-29-20)23(22(26)24(21)16-5-2-1-3-6-16)14-15-7-8-18-19(13-15)28-11-4-10-27-18/h1-3,5-9,12-13H,4,10-11,14H2. The fraction of sp³-hybridized carbons (Fsp3) is 0.182. The van der Waals surface area contributed by atoms with Gasteiger partial charge in [0.1, 0.15) is 4.70 Å². The normalized spacial score (nSPS) is 13.4. The van der Waals surface area contributed by atoms with E-state index in [1.165, 1.54) is 15.9 Å². The molecular weight excluding hydrogens is 388 g/mol. The predicted molar refractivity (Wildman–Crippen MR) is 113 cm³/mol. The van der Waals surface area contributed by atoms with Crippen LogP contribution in [0.1, 0.15) is 12.0 Å². The third-order valence-electron chi connectivity index (χ3n) is 4.92. The lowest BCUT2D eigenvalue weighted by atomic mass is 10.2. The Morgan fingerprint density at radius 2 is 1.72 bits per heavy atom. The minimum atomic E-state index is -0.362. The van der Waals surface area contributed by atoms with Crippen molar-refractivity contribution in [1.82, 2.24) is 9.13 Å². The topological polar surface area (TPSA) is 62.5 Å². The van der Waals surface area contributed by atoms with Gasteiger partial charge in [-0.25, -0.2) is 9.36 Å². The van der Waals surface area contributed by atoms with E-state index in [9.17, 15) is 9.59 Å². The third-order valence-corrected chi connectivity index (χ3v) is 5.81. The largest absolute Gasteiger partial charge is 0.490 e. The summed E-state index contributed by atoms with van der Waals surface area (Å²) < 4.78 is 14.9. The first kappa shape index (κ1) is 17.8. The van der Waals surface area contributed by atoms with Crippen molar-refractivity contribution in [1.29, 1.82) is 0 Å². The lowest BCUT2D eigenvalue weighted by molar-refractivity contribution is 0.297. The van der Waals surface area contributed by atoms with Crippen LogP contribution in [0.25, 0.3) is 15.9 Å². The molecule has 0 fully saturated rings. The van der Waals surface area contributed by atoms with E-state index in [0.29, 0.717) is 47.2 Å². The van der Waals surface area contributed by atoms with Gasteiger partial charge in [0.15, 0.2) is 11.5 Å². The van der Waals surface area contributed by atoms with E-state index in [-0.39, 0.29) is 11.2 Å². The summed E-state index contributed by atoms with van der Waals surface area (Å²) in [5, 5.41) is 1.84. The summed E-state index contributed by atoms with van der Waals surface area (Å²) in [5.41, 5.74) is 1.46. The Labute approximate surface area is 170 Å². The van der Waals surface area contributed by atoms with Crippen molar-refractivity contribution in [3.05, 3.63) is 86.4 Å². The molecule has 0 unspecified atom stereocenters. The van der Waals surface area contributed by atoms with Gasteiger partial charge in [0, 0.05) is 6.42 Å². The maximum absolute atomic E-state index is 13.3. The number of hydrogen-bond acceptors (Lipinski definition) is 5. The minimum absolute atomic E-state index is 0.291. The number of nitrogens with zero attached hydrogens (tertiary/aromatic N) is 2. The summed E-state index contributed by atoms with van der Waals surface area (Å²) in [6.45, 7) is 1.56. The van der Waals surface area contributed by atoms with Gasteiger partial charge in [0.05, 0.1) is 31.0 Å². The maximum Gasteiger partial charge on any atom is 0.336 e. The van der Waals surface area contributed by atoms with Gasteiger partial charge in [0.2, 0.25) is 0 Å². The zero-order chi connectivity index (χ0) is 19.8. The number of aromatic nitrogens is 2. The summed E-state index contributed by atoms with van der Waals surface area (Å²) in [4.78, 5) is 26.3. The van der Waals surface area contributed by atoms with Crippen molar-refractivity contribution in [3.8, 4) is 17.2 Å². The third kappa shape index (κ3) is 3.13. The second-order valence-electron chi connectivity index (χ2n) is 6.81. The molecule has 1 aliphatic heterocycles. The molecule has 5 rings (SSSR count). The highest BCUT2D eigenvalue weighted by molar-refractivity contribution is 7.17. The molecule has 4 aromatic rings. The van der Waals surface area contributed by atoms with Crippen LogP contribution in [-0.4, -0.2) is 22.3 Å². The van der Waals surface area contributed by atoms with E-state index in [1.807, 2.05) is 47.8 Å². The van der Waals surface area contributed by atoms with Crippen LogP contribution < -0.4 is 20.7 Å². The van der Waals surface area contributed by atoms with Crippen molar-refractivity contribution in [2.24, 2.45) is 0 Å². The van der Waals surface area contributed by atoms with Crippen LogP contribution in [0.5, 0.6) is 11.5 Å². The minimum Gasteiger partial charge on any atom is -0.490 e. The number of para-hydroxylation sites is 1. The first-order chi connectivity index (χ1) is 14.2. The molecule has 0 bridgehead atoms. The zero-order valence-electron chi connectivity index (χ0n) is 15.5. The Hall–Kier alpha value is -3.32. The average Bonchev–Trinajstić information content (AvgIpc) is 3.11. The fourth-order valence-electron chi connectivity index (χ4n) is 3.53. The highest BCUT2D eigenvalue weighted by Gasteiger charge is 2.17. The second kappa shape index (κ2) is 7.25. The first-order valence-electron chi connectivity index (χ1n) is 9.39. The SMILES string of the molecule is O=c1c2sccc2n(Cc2ccc3c(c2)OCCCO3)c(=O)n1-c1ccccc1. The van der Waals surface area contributed by atoms with E-state index in [2.05, 4.69) is 0 Å². The van der Waals surface area contributed by atoms with Gasteiger partial charge >= 0.3 is 5.69 Å². The van der Waals surface area contributed by atoms with Crippen LogP contribution in [-0.2, 0) is 6.54 Å². The summed E-state index contributed by atoms with van der Waals surface area (Å²) in [6.07, 6.45) is 0.834. The lowest BCUT2D eigenvalue weighted by Crippen LogP contribution is -2.38. The van der Waals surface area contributed by atoms with Crippen LogP contribution in [0.2, 0.25) is 0 Å². The van der Waals surface area contributed by atoms with Crippen LogP contribution in [0.4, 0.5) is 0 Å². The molecule has 0 amide bonds. The number of fused-ring (bicyclic) bond motifs is 2. The maximum atomic E-state index is 13.3. The molecule has 0 saturated heterocycles. The summed E-state index contributed by atoms with van der Waals surface area (Å²) >= 11 is 1.34. The van der Waals surface area contributed by atoms with E-state index in [4.69, 9.17) is 9.47 Å². The van der Waals surface area contributed by atoms with E-state index >= 15 is 0 Å².